The minimum atomic E-state index is 0.556. The molecule has 0 heterocycles. The number of rotatable bonds is 8. The molecule has 0 aromatic rings. The molecule has 1 rings (SSSR count). The fraction of sp³-hybridized carbons (Fsp3) is 1.00. The van der Waals surface area contributed by atoms with Crippen LogP contribution in [0.2, 0.25) is 0 Å². The molecule has 14 heavy (non-hydrogen) atoms. The van der Waals surface area contributed by atoms with Gasteiger partial charge in [-0.25, -0.2) is 0 Å². The van der Waals surface area contributed by atoms with E-state index in [-0.39, 0.29) is 0 Å². The number of ether oxygens (including phenoxy) is 1. The molecule has 0 saturated heterocycles. The highest BCUT2D eigenvalue weighted by molar-refractivity contribution is 4.85. The van der Waals surface area contributed by atoms with Crippen LogP contribution in [0.25, 0.3) is 0 Å². The van der Waals surface area contributed by atoms with Crippen molar-refractivity contribution in [3.05, 3.63) is 0 Å². The van der Waals surface area contributed by atoms with Crippen LogP contribution in [0.3, 0.4) is 0 Å². The summed E-state index contributed by atoms with van der Waals surface area (Å²) in [6.45, 7) is 6.48. The molecule has 0 aliphatic heterocycles. The summed E-state index contributed by atoms with van der Waals surface area (Å²) in [4.78, 5) is 0. The maximum Gasteiger partial charge on any atom is 0.0604 e. The van der Waals surface area contributed by atoms with Crippen LogP contribution in [0.5, 0.6) is 0 Å². The molecule has 1 aliphatic rings. The zero-order valence-electron chi connectivity index (χ0n) is 9.72. The SMILES string of the molecule is CCCCCCOC1CC(NCC)C1. The van der Waals surface area contributed by atoms with Crippen LogP contribution in [-0.4, -0.2) is 25.3 Å². The lowest BCUT2D eigenvalue weighted by atomic mass is 9.89. The molecule has 0 aromatic heterocycles. The van der Waals surface area contributed by atoms with Gasteiger partial charge in [0.2, 0.25) is 0 Å². The first-order valence-electron chi connectivity index (χ1n) is 6.21. The normalized spacial score (nSPS) is 26.1. The van der Waals surface area contributed by atoms with Gasteiger partial charge in [-0.1, -0.05) is 33.1 Å². The standard InChI is InChI=1S/C12H25NO/c1-3-5-6-7-8-14-12-9-11(10-12)13-4-2/h11-13H,3-10H2,1-2H3. The maximum absolute atomic E-state index is 5.76. The molecule has 84 valence electrons. The summed E-state index contributed by atoms with van der Waals surface area (Å²) in [6.07, 6.45) is 8.25. The average molecular weight is 199 g/mol. The zero-order valence-corrected chi connectivity index (χ0v) is 9.72. The smallest absolute Gasteiger partial charge is 0.0604 e. The fourth-order valence-corrected chi connectivity index (χ4v) is 1.94. The number of hydrogen-bond acceptors (Lipinski definition) is 2. The summed E-state index contributed by atoms with van der Waals surface area (Å²) in [5.74, 6) is 0. The van der Waals surface area contributed by atoms with Crippen LogP contribution in [-0.2, 0) is 4.74 Å². The van der Waals surface area contributed by atoms with Gasteiger partial charge in [-0.3, -0.25) is 0 Å². The van der Waals surface area contributed by atoms with E-state index in [1.54, 1.807) is 0 Å². The molecular weight excluding hydrogens is 174 g/mol. The van der Waals surface area contributed by atoms with Crippen LogP contribution in [0.15, 0.2) is 0 Å². The van der Waals surface area contributed by atoms with Gasteiger partial charge in [-0.2, -0.15) is 0 Å². The van der Waals surface area contributed by atoms with Gasteiger partial charge in [0.15, 0.2) is 0 Å². The van der Waals surface area contributed by atoms with Gasteiger partial charge in [0.05, 0.1) is 6.10 Å². The second kappa shape index (κ2) is 7.24. The Bertz CT molecular complexity index is 132. The van der Waals surface area contributed by atoms with E-state index < -0.39 is 0 Å². The summed E-state index contributed by atoms with van der Waals surface area (Å²) in [5.41, 5.74) is 0. The first-order chi connectivity index (χ1) is 6.86. The summed E-state index contributed by atoms with van der Waals surface area (Å²) in [5, 5.41) is 3.44. The van der Waals surface area contributed by atoms with Gasteiger partial charge in [0.1, 0.15) is 0 Å². The van der Waals surface area contributed by atoms with Crippen molar-refractivity contribution in [2.75, 3.05) is 13.2 Å². The molecule has 1 saturated carbocycles. The molecule has 0 amide bonds. The van der Waals surface area contributed by atoms with Crippen LogP contribution < -0.4 is 5.32 Å². The van der Waals surface area contributed by atoms with E-state index in [1.165, 1.54) is 38.5 Å². The van der Waals surface area contributed by atoms with E-state index in [0.717, 1.165) is 19.2 Å². The maximum atomic E-state index is 5.76. The van der Waals surface area contributed by atoms with E-state index in [9.17, 15) is 0 Å². The third-order valence-corrected chi connectivity index (χ3v) is 2.94. The van der Waals surface area contributed by atoms with Crippen molar-refractivity contribution in [3.63, 3.8) is 0 Å². The lowest BCUT2D eigenvalue weighted by Gasteiger charge is -2.35. The van der Waals surface area contributed by atoms with Crippen LogP contribution >= 0.6 is 0 Å². The Morgan fingerprint density at radius 2 is 1.93 bits per heavy atom. The first-order valence-corrected chi connectivity index (χ1v) is 6.21. The fourth-order valence-electron chi connectivity index (χ4n) is 1.94. The Balaban J connectivity index is 1.81. The van der Waals surface area contributed by atoms with E-state index in [0.29, 0.717) is 6.10 Å². The van der Waals surface area contributed by atoms with E-state index in [2.05, 4.69) is 19.2 Å². The number of nitrogens with one attached hydrogen (secondary N) is 1. The van der Waals surface area contributed by atoms with Crippen molar-refractivity contribution in [2.45, 2.75) is 64.5 Å². The van der Waals surface area contributed by atoms with Gasteiger partial charge in [-0.05, 0) is 25.8 Å². The quantitative estimate of drug-likeness (QED) is 0.607. The summed E-state index contributed by atoms with van der Waals surface area (Å²) in [7, 11) is 0. The minimum absolute atomic E-state index is 0.556. The van der Waals surface area contributed by atoms with Gasteiger partial charge < -0.3 is 10.1 Å². The second-order valence-corrected chi connectivity index (χ2v) is 4.28. The molecule has 0 unspecified atom stereocenters. The number of hydrogen-bond donors (Lipinski definition) is 1. The molecule has 2 heteroatoms. The van der Waals surface area contributed by atoms with Crippen molar-refractivity contribution in [1.29, 1.82) is 0 Å². The third-order valence-electron chi connectivity index (χ3n) is 2.94. The first kappa shape index (κ1) is 12.0. The molecule has 1 aliphatic carbocycles. The number of unbranched alkanes of at least 4 members (excludes halogenated alkanes) is 3. The summed E-state index contributed by atoms with van der Waals surface area (Å²) < 4.78 is 5.76. The average Bonchev–Trinajstić information content (AvgIpc) is 2.13. The Morgan fingerprint density at radius 1 is 1.14 bits per heavy atom. The highest BCUT2D eigenvalue weighted by Crippen LogP contribution is 2.23. The van der Waals surface area contributed by atoms with E-state index >= 15 is 0 Å². The third kappa shape index (κ3) is 4.43. The van der Waals surface area contributed by atoms with Crippen molar-refractivity contribution in [1.82, 2.24) is 5.32 Å². The molecule has 0 bridgehead atoms. The van der Waals surface area contributed by atoms with Crippen molar-refractivity contribution in [2.24, 2.45) is 0 Å². The summed E-state index contributed by atoms with van der Waals surface area (Å²) in [6, 6.07) is 0.737. The Hall–Kier alpha value is -0.0800. The van der Waals surface area contributed by atoms with Crippen LogP contribution in [0.1, 0.15) is 52.4 Å². The molecule has 2 nitrogen and oxygen atoms in total. The van der Waals surface area contributed by atoms with E-state index in [4.69, 9.17) is 4.74 Å². The Labute approximate surface area is 88.4 Å². The molecule has 0 spiro atoms. The predicted octanol–water partition coefficient (Wildman–Crippen LogP) is 2.72. The lowest BCUT2D eigenvalue weighted by molar-refractivity contribution is -0.0174. The highest BCUT2D eigenvalue weighted by Gasteiger charge is 2.28. The molecular formula is C12H25NO. The lowest BCUT2D eigenvalue weighted by Crippen LogP contribution is -2.45. The Morgan fingerprint density at radius 3 is 2.57 bits per heavy atom. The van der Waals surface area contributed by atoms with Crippen LogP contribution in [0, 0.1) is 0 Å². The predicted molar refractivity (Wildman–Crippen MR) is 60.6 cm³/mol. The molecule has 0 atom stereocenters. The van der Waals surface area contributed by atoms with Gasteiger partial charge in [0, 0.05) is 12.6 Å². The highest BCUT2D eigenvalue weighted by atomic mass is 16.5. The molecule has 1 fully saturated rings. The Kier molecular flexibility index (Phi) is 6.20. The molecule has 0 radical (unpaired) electrons. The zero-order chi connectivity index (χ0) is 10.2. The van der Waals surface area contributed by atoms with Crippen molar-refractivity contribution >= 4 is 0 Å². The largest absolute Gasteiger partial charge is 0.378 e. The topological polar surface area (TPSA) is 21.3 Å². The molecule has 0 aromatic carbocycles. The van der Waals surface area contributed by atoms with Gasteiger partial charge in [-0.15, -0.1) is 0 Å². The summed E-state index contributed by atoms with van der Waals surface area (Å²) >= 11 is 0. The van der Waals surface area contributed by atoms with Crippen LogP contribution in [0.4, 0.5) is 0 Å². The van der Waals surface area contributed by atoms with Crippen molar-refractivity contribution < 1.29 is 4.74 Å². The van der Waals surface area contributed by atoms with Gasteiger partial charge in [0.25, 0.3) is 0 Å². The molecule has 1 N–H and O–H groups in total. The van der Waals surface area contributed by atoms with E-state index in [1.807, 2.05) is 0 Å². The second-order valence-electron chi connectivity index (χ2n) is 4.28. The van der Waals surface area contributed by atoms with Gasteiger partial charge >= 0.3 is 0 Å². The van der Waals surface area contributed by atoms with Crippen molar-refractivity contribution in [3.8, 4) is 0 Å². The minimum Gasteiger partial charge on any atom is -0.378 e. The monoisotopic (exact) mass is 199 g/mol.